The quantitative estimate of drug-likeness (QED) is 0.554. The van der Waals surface area contributed by atoms with E-state index in [0.717, 1.165) is 26.2 Å². The second kappa shape index (κ2) is 3.68. The van der Waals surface area contributed by atoms with Gasteiger partial charge in [0.05, 0.1) is 6.04 Å². The summed E-state index contributed by atoms with van der Waals surface area (Å²) >= 11 is 0. The maximum absolute atomic E-state index is 11.7. The van der Waals surface area contributed by atoms with Crippen LogP contribution < -0.4 is 16.0 Å². The van der Waals surface area contributed by atoms with Crippen LogP contribution in [0.15, 0.2) is 0 Å². The van der Waals surface area contributed by atoms with Crippen LogP contribution in [0.2, 0.25) is 0 Å². The summed E-state index contributed by atoms with van der Waals surface area (Å²) in [6.45, 7) is 4.00. The molecule has 2 aliphatic heterocycles. The maximum Gasteiger partial charge on any atom is 0.224 e. The zero-order valence-electron chi connectivity index (χ0n) is 7.95. The first kappa shape index (κ1) is 10.2. The minimum absolute atomic E-state index is 0. The van der Waals surface area contributed by atoms with Gasteiger partial charge >= 0.3 is 0 Å². The van der Waals surface area contributed by atoms with E-state index in [0.29, 0.717) is 29.7 Å². The molecule has 4 nitrogen and oxygen atoms in total. The van der Waals surface area contributed by atoms with Gasteiger partial charge < -0.3 is 16.0 Å². The van der Waals surface area contributed by atoms with Crippen molar-refractivity contribution in [2.75, 3.05) is 26.2 Å². The zero-order chi connectivity index (χ0) is 8.84. The molecule has 0 spiro atoms. The van der Waals surface area contributed by atoms with Crippen LogP contribution in [0.5, 0.6) is 0 Å². The minimum Gasteiger partial charge on any atom is -0.351 e. The maximum atomic E-state index is 11.7. The lowest BCUT2D eigenvalue weighted by molar-refractivity contribution is -0.124. The molecule has 2 heterocycles. The molecule has 1 saturated carbocycles. The lowest BCUT2D eigenvalue weighted by Gasteiger charge is -2.28. The normalized spacial score (nSPS) is 39.3. The van der Waals surface area contributed by atoms with E-state index in [-0.39, 0.29) is 12.4 Å². The van der Waals surface area contributed by atoms with Gasteiger partial charge in [0.15, 0.2) is 0 Å². The average molecular weight is 218 g/mol. The van der Waals surface area contributed by atoms with Gasteiger partial charge in [-0.05, 0) is 24.9 Å². The van der Waals surface area contributed by atoms with Gasteiger partial charge in [-0.15, -0.1) is 12.4 Å². The van der Waals surface area contributed by atoms with Crippen molar-refractivity contribution < 1.29 is 4.79 Å². The van der Waals surface area contributed by atoms with Crippen LogP contribution in [0.4, 0.5) is 0 Å². The first-order valence-corrected chi connectivity index (χ1v) is 5.08. The third kappa shape index (κ3) is 1.51. The van der Waals surface area contributed by atoms with Crippen molar-refractivity contribution in [3.05, 3.63) is 0 Å². The number of hydrogen-bond donors (Lipinski definition) is 3. The number of halogens is 1. The van der Waals surface area contributed by atoms with Gasteiger partial charge in [-0.1, -0.05) is 0 Å². The summed E-state index contributed by atoms with van der Waals surface area (Å²) in [7, 11) is 0. The molecule has 1 aliphatic carbocycles. The summed E-state index contributed by atoms with van der Waals surface area (Å²) in [5.74, 6) is 1.92. The van der Waals surface area contributed by atoms with Crippen molar-refractivity contribution in [3.8, 4) is 0 Å². The number of piperidine rings is 1. The Morgan fingerprint density at radius 1 is 1.07 bits per heavy atom. The molecule has 14 heavy (non-hydrogen) atoms. The van der Waals surface area contributed by atoms with Crippen LogP contribution in [-0.4, -0.2) is 38.1 Å². The molecule has 0 bridgehead atoms. The monoisotopic (exact) mass is 217 g/mol. The fourth-order valence-electron chi connectivity index (χ4n) is 2.50. The summed E-state index contributed by atoms with van der Waals surface area (Å²) in [5.41, 5.74) is 0. The number of nitrogens with one attached hydrogen (secondary N) is 3. The summed E-state index contributed by atoms with van der Waals surface area (Å²) in [6, 6.07) is 0.404. The summed E-state index contributed by atoms with van der Waals surface area (Å²) in [6.07, 6.45) is 0. The van der Waals surface area contributed by atoms with Crippen molar-refractivity contribution >= 4 is 18.3 Å². The van der Waals surface area contributed by atoms with Gasteiger partial charge in [0, 0.05) is 19.0 Å². The minimum atomic E-state index is 0. The lowest BCUT2D eigenvalue weighted by atomic mass is 10.1. The smallest absolute Gasteiger partial charge is 0.224 e. The second-order valence-corrected chi connectivity index (χ2v) is 4.38. The fraction of sp³-hybridized carbons (Fsp3) is 0.889. The summed E-state index contributed by atoms with van der Waals surface area (Å²) < 4.78 is 0. The standard InChI is InChI=1S/C9H15N3O.ClH/c13-9(12-5-1-10-2-5)8-6-3-11-4-7(6)8;/h5-8,10-11H,1-4H2,(H,12,13);1H/t6-,7+,8?;. The van der Waals surface area contributed by atoms with E-state index >= 15 is 0 Å². The molecule has 3 fully saturated rings. The summed E-state index contributed by atoms with van der Waals surface area (Å²) in [4.78, 5) is 11.7. The molecule has 5 heteroatoms. The van der Waals surface area contributed by atoms with Crippen LogP contribution in [-0.2, 0) is 4.79 Å². The number of hydrogen-bond acceptors (Lipinski definition) is 3. The molecule has 3 atom stereocenters. The second-order valence-electron chi connectivity index (χ2n) is 4.38. The zero-order valence-corrected chi connectivity index (χ0v) is 8.77. The Labute approximate surface area is 89.6 Å². The van der Waals surface area contributed by atoms with Crippen LogP contribution in [0.1, 0.15) is 0 Å². The van der Waals surface area contributed by atoms with E-state index < -0.39 is 0 Å². The van der Waals surface area contributed by atoms with E-state index in [4.69, 9.17) is 0 Å². The molecule has 0 aromatic heterocycles. The Morgan fingerprint density at radius 3 is 2.14 bits per heavy atom. The first-order chi connectivity index (χ1) is 6.36. The number of rotatable bonds is 2. The Bertz CT molecular complexity index is 234. The molecule has 80 valence electrons. The third-order valence-electron chi connectivity index (χ3n) is 3.52. The first-order valence-electron chi connectivity index (χ1n) is 5.08. The number of carbonyl (C=O) groups excluding carboxylic acids is 1. The molecule has 0 aromatic rings. The molecule has 1 amide bonds. The predicted molar refractivity (Wildman–Crippen MR) is 55.4 cm³/mol. The molecule has 3 N–H and O–H groups in total. The molecule has 2 saturated heterocycles. The van der Waals surface area contributed by atoms with Crippen LogP contribution in [0.25, 0.3) is 0 Å². The van der Waals surface area contributed by atoms with Gasteiger partial charge in [0.25, 0.3) is 0 Å². The highest BCUT2D eigenvalue weighted by molar-refractivity contribution is 5.85. The SMILES string of the molecule is Cl.O=C(NC1CNC1)C1[C@H]2CNC[C@@H]12. The number of fused-ring (bicyclic) bond motifs is 1. The predicted octanol–water partition coefficient (Wildman–Crippen LogP) is -1.04. The third-order valence-corrected chi connectivity index (χ3v) is 3.52. The molecule has 1 unspecified atom stereocenters. The lowest BCUT2D eigenvalue weighted by Crippen LogP contribution is -2.57. The molecular weight excluding hydrogens is 202 g/mol. The molecule has 3 rings (SSSR count). The Balaban J connectivity index is 0.000000750. The van der Waals surface area contributed by atoms with Crippen LogP contribution >= 0.6 is 12.4 Å². The van der Waals surface area contributed by atoms with Crippen molar-refractivity contribution in [2.24, 2.45) is 17.8 Å². The van der Waals surface area contributed by atoms with Gasteiger partial charge in [0.2, 0.25) is 5.91 Å². The Hall–Kier alpha value is -0.320. The highest BCUT2D eigenvalue weighted by Crippen LogP contribution is 2.48. The van der Waals surface area contributed by atoms with Gasteiger partial charge in [-0.3, -0.25) is 4.79 Å². The summed E-state index contributed by atoms with van der Waals surface area (Å²) in [5, 5.41) is 9.52. The van der Waals surface area contributed by atoms with E-state index in [1.807, 2.05) is 0 Å². The average Bonchev–Trinajstić information content (AvgIpc) is 2.53. The van der Waals surface area contributed by atoms with E-state index in [1.54, 1.807) is 0 Å². The van der Waals surface area contributed by atoms with Crippen molar-refractivity contribution in [1.82, 2.24) is 16.0 Å². The van der Waals surface area contributed by atoms with Crippen molar-refractivity contribution in [3.63, 3.8) is 0 Å². The fourth-order valence-corrected chi connectivity index (χ4v) is 2.50. The molecule has 0 aromatic carbocycles. The van der Waals surface area contributed by atoms with Gasteiger partial charge in [-0.2, -0.15) is 0 Å². The van der Waals surface area contributed by atoms with Gasteiger partial charge in [0.1, 0.15) is 0 Å². The molecule has 0 radical (unpaired) electrons. The Kier molecular flexibility index (Phi) is 2.68. The van der Waals surface area contributed by atoms with Gasteiger partial charge in [-0.25, -0.2) is 0 Å². The van der Waals surface area contributed by atoms with E-state index in [1.165, 1.54) is 0 Å². The largest absolute Gasteiger partial charge is 0.351 e. The topological polar surface area (TPSA) is 53.2 Å². The van der Waals surface area contributed by atoms with Crippen LogP contribution in [0.3, 0.4) is 0 Å². The highest BCUT2D eigenvalue weighted by atomic mass is 35.5. The van der Waals surface area contributed by atoms with Crippen molar-refractivity contribution in [1.29, 1.82) is 0 Å². The van der Waals surface area contributed by atoms with E-state index in [2.05, 4.69) is 16.0 Å². The van der Waals surface area contributed by atoms with Crippen LogP contribution in [0, 0.1) is 17.8 Å². The van der Waals surface area contributed by atoms with E-state index in [9.17, 15) is 4.79 Å². The van der Waals surface area contributed by atoms with Crippen molar-refractivity contribution in [2.45, 2.75) is 6.04 Å². The molecular formula is C9H16ClN3O. The molecule has 3 aliphatic rings. The number of carbonyl (C=O) groups is 1. The highest BCUT2D eigenvalue weighted by Gasteiger charge is 2.57. The Morgan fingerprint density at radius 2 is 1.64 bits per heavy atom. The number of amides is 1.